The number of hydrogen-bond acceptors (Lipinski definition) is 6. The number of nitrogens with one attached hydrogen (secondary N) is 1. The second kappa shape index (κ2) is 6.69. The molecule has 3 N–H and O–H groups in total. The number of rotatable bonds is 7. The summed E-state index contributed by atoms with van der Waals surface area (Å²) < 4.78 is 5.66. The van der Waals surface area contributed by atoms with E-state index >= 15 is 0 Å². The zero-order chi connectivity index (χ0) is 14.5. The number of nitrogens with zero attached hydrogens (tertiary/aromatic N) is 2. The van der Waals surface area contributed by atoms with Gasteiger partial charge in [0.25, 0.3) is 0 Å². The molecule has 1 saturated carbocycles. The van der Waals surface area contributed by atoms with E-state index in [1.807, 2.05) is 12.1 Å². The largest absolute Gasteiger partial charge is 0.383 e. The molecule has 1 aromatic heterocycles. The van der Waals surface area contributed by atoms with Crippen LogP contribution in [-0.2, 0) is 11.3 Å². The van der Waals surface area contributed by atoms with Crippen LogP contribution in [-0.4, -0.2) is 17.8 Å². The molecule has 6 heteroatoms. The molecule has 5 nitrogen and oxygen atoms in total. The van der Waals surface area contributed by atoms with Gasteiger partial charge in [0.2, 0.25) is 5.13 Å². The van der Waals surface area contributed by atoms with E-state index in [4.69, 9.17) is 10.5 Å². The maximum Gasteiger partial charge on any atom is 0.205 e. The third-order valence-electron chi connectivity index (χ3n) is 3.19. The average molecular weight is 302 g/mol. The highest BCUT2D eigenvalue weighted by molar-refractivity contribution is 7.14. The number of ether oxygens (including phenoxy) is 1. The van der Waals surface area contributed by atoms with Crippen molar-refractivity contribution in [3.8, 4) is 0 Å². The fourth-order valence-corrected chi connectivity index (χ4v) is 2.38. The fraction of sp³-hybridized carbons (Fsp3) is 0.333. The zero-order valence-electron chi connectivity index (χ0n) is 11.7. The summed E-state index contributed by atoms with van der Waals surface area (Å²) in [6.45, 7) is 1.58. The van der Waals surface area contributed by atoms with E-state index in [2.05, 4.69) is 27.6 Å². The van der Waals surface area contributed by atoms with Crippen molar-refractivity contribution < 1.29 is 4.74 Å². The molecule has 0 bridgehead atoms. The van der Waals surface area contributed by atoms with Gasteiger partial charge in [0.05, 0.1) is 12.8 Å². The molecule has 1 heterocycles. The molecule has 1 aliphatic carbocycles. The molecule has 0 spiro atoms. The zero-order valence-corrected chi connectivity index (χ0v) is 12.5. The second-order valence-corrected chi connectivity index (χ2v) is 6.01. The Labute approximate surface area is 127 Å². The van der Waals surface area contributed by atoms with Crippen LogP contribution in [0.3, 0.4) is 0 Å². The number of thiazole rings is 1. The molecule has 2 aromatic rings. The Hall–Kier alpha value is -1.92. The van der Waals surface area contributed by atoms with Gasteiger partial charge < -0.3 is 10.5 Å². The maximum absolute atomic E-state index is 5.66. The van der Waals surface area contributed by atoms with Crippen LogP contribution >= 0.6 is 11.3 Å². The Morgan fingerprint density at radius 3 is 2.86 bits per heavy atom. The van der Waals surface area contributed by atoms with E-state index in [0.717, 1.165) is 18.1 Å². The molecule has 1 fully saturated rings. The van der Waals surface area contributed by atoms with Crippen LogP contribution in [0.15, 0.2) is 34.7 Å². The predicted octanol–water partition coefficient (Wildman–Crippen LogP) is 3.10. The third kappa shape index (κ3) is 4.54. The maximum atomic E-state index is 5.66. The summed E-state index contributed by atoms with van der Waals surface area (Å²) in [7, 11) is 0. The van der Waals surface area contributed by atoms with Crippen molar-refractivity contribution in [3.05, 3.63) is 40.8 Å². The normalized spacial score (nSPS) is 14.7. The van der Waals surface area contributed by atoms with Gasteiger partial charge in [-0.05, 0) is 29.9 Å². The highest BCUT2D eigenvalue weighted by Crippen LogP contribution is 2.29. The summed E-state index contributed by atoms with van der Waals surface area (Å²) in [5.74, 6) is 1.32. The van der Waals surface area contributed by atoms with Crippen molar-refractivity contribution in [2.45, 2.75) is 19.4 Å². The van der Waals surface area contributed by atoms with Gasteiger partial charge in [-0.25, -0.2) is 4.98 Å². The van der Waals surface area contributed by atoms with Gasteiger partial charge in [-0.1, -0.05) is 24.3 Å². The summed E-state index contributed by atoms with van der Waals surface area (Å²) in [6.07, 6.45) is 4.41. The first-order valence-electron chi connectivity index (χ1n) is 6.96. The molecule has 1 aliphatic rings. The van der Waals surface area contributed by atoms with Gasteiger partial charge in [-0.2, -0.15) is 5.10 Å². The lowest BCUT2D eigenvalue weighted by Gasteiger charge is -2.03. The molecule has 0 atom stereocenters. The third-order valence-corrected chi connectivity index (χ3v) is 3.96. The Kier molecular flexibility index (Phi) is 4.47. The van der Waals surface area contributed by atoms with Crippen molar-refractivity contribution in [3.63, 3.8) is 0 Å². The molecule has 3 rings (SSSR count). The van der Waals surface area contributed by atoms with E-state index < -0.39 is 0 Å². The Morgan fingerprint density at radius 1 is 1.38 bits per heavy atom. The van der Waals surface area contributed by atoms with Gasteiger partial charge in [-0.3, -0.25) is 5.43 Å². The fourth-order valence-electron chi connectivity index (χ4n) is 1.83. The molecule has 0 radical (unpaired) electrons. The number of nitrogens with two attached hydrogens (primary N) is 1. The molecule has 0 amide bonds. The highest BCUT2D eigenvalue weighted by atomic mass is 32.1. The number of aromatic nitrogens is 1. The minimum atomic E-state index is 0.508. The first kappa shape index (κ1) is 14.0. The predicted molar refractivity (Wildman–Crippen MR) is 86.6 cm³/mol. The van der Waals surface area contributed by atoms with Crippen LogP contribution in [0.25, 0.3) is 0 Å². The highest BCUT2D eigenvalue weighted by Gasteiger charge is 2.20. The van der Waals surface area contributed by atoms with Crippen LogP contribution in [0.4, 0.5) is 10.9 Å². The number of hydrazone groups is 1. The Bertz CT molecular complexity index is 604. The van der Waals surface area contributed by atoms with Crippen molar-refractivity contribution in [1.82, 2.24) is 4.98 Å². The lowest BCUT2D eigenvalue weighted by atomic mass is 10.1. The molecule has 0 saturated heterocycles. The topological polar surface area (TPSA) is 72.5 Å². The van der Waals surface area contributed by atoms with Crippen LogP contribution in [0.2, 0.25) is 0 Å². The lowest BCUT2D eigenvalue weighted by Crippen LogP contribution is -1.97. The molecule has 21 heavy (non-hydrogen) atoms. The number of benzene rings is 1. The quantitative estimate of drug-likeness (QED) is 0.609. The molecule has 110 valence electrons. The molecular weight excluding hydrogens is 284 g/mol. The van der Waals surface area contributed by atoms with Crippen molar-refractivity contribution >= 4 is 28.5 Å². The monoisotopic (exact) mass is 302 g/mol. The average Bonchev–Trinajstić information content (AvgIpc) is 3.22. The SMILES string of the molecule is Nc1csc(NN=Cc2ccc(COCC3CC3)cc2)n1. The van der Waals surface area contributed by atoms with Crippen LogP contribution in [0.1, 0.15) is 24.0 Å². The van der Waals surface area contributed by atoms with Gasteiger partial charge in [-0.15, -0.1) is 11.3 Å². The first-order chi connectivity index (χ1) is 10.3. The lowest BCUT2D eigenvalue weighted by molar-refractivity contribution is 0.111. The van der Waals surface area contributed by atoms with Crippen molar-refractivity contribution in [2.24, 2.45) is 11.0 Å². The Morgan fingerprint density at radius 2 is 2.19 bits per heavy atom. The van der Waals surface area contributed by atoms with Gasteiger partial charge in [0.15, 0.2) is 0 Å². The van der Waals surface area contributed by atoms with Crippen LogP contribution < -0.4 is 11.2 Å². The minimum absolute atomic E-state index is 0.508. The minimum Gasteiger partial charge on any atom is -0.383 e. The summed E-state index contributed by atoms with van der Waals surface area (Å²) in [4.78, 5) is 4.06. The van der Waals surface area contributed by atoms with Gasteiger partial charge >= 0.3 is 0 Å². The standard InChI is InChI=1S/C15H18N4OS/c16-14-10-21-15(18-14)19-17-7-11-1-3-12(4-2-11)8-20-9-13-5-6-13/h1-4,7,10,13H,5-6,8-9,16H2,(H,18,19). The van der Waals surface area contributed by atoms with Crippen LogP contribution in [0, 0.1) is 5.92 Å². The molecule has 0 aliphatic heterocycles. The summed E-state index contributed by atoms with van der Waals surface area (Å²) in [5, 5.41) is 6.60. The number of hydrogen-bond donors (Lipinski definition) is 2. The van der Waals surface area contributed by atoms with Crippen molar-refractivity contribution in [2.75, 3.05) is 17.8 Å². The van der Waals surface area contributed by atoms with E-state index in [1.54, 1.807) is 11.6 Å². The number of nitrogen functional groups attached to an aromatic ring is 1. The number of anilines is 2. The molecule has 1 aromatic carbocycles. The van der Waals surface area contributed by atoms with Gasteiger partial charge in [0.1, 0.15) is 5.82 Å². The van der Waals surface area contributed by atoms with Crippen molar-refractivity contribution in [1.29, 1.82) is 0 Å². The smallest absolute Gasteiger partial charge is 0.205 e. The van der Waals surface area contributed by atoms with E-state index in [9.17, 15) is 0 Å². The Balaban J connectivity index is 1.46. The van der Waals surface area contributed by atoms with E-state index in [1.165, 1.54) is 29.7 Å². The first-order valence-corrected chi connectivity index (χ1v) is 7.84. The second-order valence-electron chi connectivity index (χ2n) is 5.15. The van der Waals surface area contributed by atoms with Gasteiger partial charge in [0, 0.05) is 12.0 Å². The van der Waals surface area contributed by atoms with E-state index in [0.29, 0.717) is 17.6 Å². The van der Waals surface area contributed by atoms with E-state index in [-0.39, 0.29) is 0 Å². The molecular formula is C15H18N4OS. The molecule has 0 unspecified atom stereocenters. The summed E-state index contributed by atoms with van der Waals surface area (Å²) in [5.41, 5.74) is 10.6. The summed E-state index contributed by atoms with van der Waals surface area (Å²) >= 11 is 1.43. The van der Waals surface area contributed by atoms with Crippen LogP contribution in [0.5, 0.6) is 0 Å². The summed E-state index contributed by atoms with van der Waals surface area (Å²) in [6, 6.07) is 8.18.